The first kappa shape index (κ1) is 11.9. The molecule has 2 aromatic carbocycles. The second-order valence-electron chi connectivity index (χ2n) is 3.77. The van der Waals surface area contributed by atoms with Crippen LogP contribution in [0.4, 0.5) is 0 Å². The minimum atomic E-state index is -1.99. The summed E-state index contributed by atoms with van der Waals surface area (Å²) < 4.78 is 17.1. The Labute approximate surface area is 102 Å². The van der Waals surface area contributed by atoms with Crippen LogP contribution in [0.5, 0.6) is 5.75 Å². The molecule has 3 heteroatoms. The highest BCUT2D eigenvalue weighted by Gasteiger charge is 2.02. The molecule has 0 saturated carbocycles. The lowest BCUT2D eigenvalue weighted by atomic mass is 10.2. The zero-order valence-corrected chi connectivity index (χ0v) is 10.5. The lowest BCUT2D eigenvalue weighted by Gasteiger charge is -2.05. The highest BCUT2D eigenvalue weighted by Crippen LogP contribution is 2.27. The molecule has 0 heterocycles. The third-order valence-electron chi connectivity index (χ3n) is 2.44. The number of rotatable bonds is 5. The predicted octanol–water partition coefficient (Wildman–Crippen LogP) is 3.78. The largest absolute Gasteiger partial charge is 0.445 e. The van der Waals surface area contributed by atoms with Gasteiger partial charge in [-0.05, 0) is 24.1 Å². The molecule has 0 amide bonds. The average Bonchev–Trinajstić information content (AvgIpc) is 2.39. The van der Waals surface area contributed by atoms with Gasteiger partial charge in [-0.2, -0.15) is 0 Å². The highest BCUT2D eigenvalue weighted by molar-refractivity contribution is 7.39. The molecule has 0 fully saturated rings. The third kappa shape index (κ3) is 4.08. The van der Waals surface area contributed by atoms with E-state index in [-0.39, 0.29) is 0 Å². The van der Waals surface area contributed by atoms with Gasteiger partial charge in [0.2, 0.25) is 8.03 Å². The number of hydrogen-bond donors (Lipinski definition) is 0. The summed E-state index contributed by atoms with van der Waals surface area (Å²) in [5, 5.41) is 0. The normalized spacial score (nSPS) is 12.0. The zero-order chi connectivity index (χ0) is 11.9. The molecule has 17 heavy (non-hydrogen) atoms. The van der Waals surface area contributed by atoms with Gasteiger partial charge < -0.3 is 4.52 Å². The van der Waals surface area contributed by atoms with Gasteiger partial charge in [0.25, 0.3) is 0 Å². The third-order valence-corrected chi connectivity index (χ3v) is 3.56. The van der Waals surface area contributed by atoms with E-state index in [4.69, 9.17) is 4.52 Å². The first-order valence-corrected chi connectivity index (χ1v) is 7.16. The Balaban J connectivity index is 1.83. The van der Waals surface area contributed by atoms with Gasteiger partial charge in [-0.3, -0.25) is 4.57 Å². The molecule has 2 aromatic rings. The molecule has 1 unspecified atom stereocenters. The van der Waals surface area contributed by atoms with Crippen LogP contribution in [0.3, 0.4) is 0 Å². The molecule has 1 atom stereocenters. The van der Waals surface area contributed by atoms with Crippen molar-refractivity contribution in [3.05, 3.63) is 66.2 Å². The van der Waals surface area contributed by atoms with Crippen LogP contribution in [0.25, 0.3) is 0 Å². The molecule has 88 valence electrons. The number of hydrogen-bond acceptors (Lipinski definition) is 2. The average molecular weight is 246 g/mol. The van der Waals surface area contributed by atoms with E-state index in [0.29, 0.717) is 11.9 Å². The standard InChI is InChI=1S/C14H15O2P/c15-17(16-14-9-5-2-6-10-14)12-11-13-7-3-1-4-8-13/h1-10,17H,11-12H2. The molecule has 0 radical (unpaired) electrons. The van der Waals surface area contributed by atoms with Crippen LogP contribution in [0, 0.1) is 0 Å². The van der Waals surface area contributed by atoms with E-state index in [1.807, 2.05) is 60.7 Å². The fourth-order valence-corrected chi connectivity index (χ4v) is 2.56. The molecule has 0 aliphatic carbocycles. The second kappa shape index (κ2) is 6.27. The summed E-state index contributed by atoms with van der Waals surface area (Å²) in [7, 11) is -1.99. The Morgan fingerprint density at radius 2 is 1.47 bits per heavy atom. The van der Waals surface area contributed by atoms with Crippen LogP contribution < -0.4 is 4.52 Å². The number of benzene rings is 2. The van der Waals surface area contributed by atoms with Crippen LogP contribution >= 0.6 is 8.03 Å². The van der Waals surface area contributed by atoms with Gasteiger partial charge in [-0.25, -0.2) is 0 Å². The van der Waals surface area contributed by atoms with E-state index in [0.717, 1.165) is 6.42 Å². The number of aryl methyl sites for hydroxylation is 1. The van der Waals surface area contributed by atoms with Gasteiger partial charge in [0, 0.05) is 6.16 Å². The van der Waals surface area contributed by atoms with E-state index in [1.54, 1.807) is 0 Å². The van der Waals surface area contributed by atoms with Crippen molar-refractivity contribution in [2.24, 2.45) is 0 Å². The monoisotopic (exact) mass is 246 g/mol. The van der Waals surface area contributed by atoms with Crippen LogP contribution in [-0.2, 0) is 11.0 Å². The van der Waals surface area contributed by atoms with Crippen LogP contribution in [0.2, 0.25) is 0 Å². The second-order valence-corrected chi connectivity index (χ2v) is 5.22. The van der Waals surface area contributed by atoms with Gasteiger partial charge in [0.1, 0.15) is 5.75 Å². The summed E-state index contributed by atoms with van der Waals surface area (Å²) >= 11 is 0. The van der Waals surface area contributed by atoms with Gasteiger partial charge in [0.05, 0.1) is 0 Å². The summed E-state index contributed by atoms with van der Waals surface area (Å²) in [6.45, 7) is 0. The van der Waals surface area contributed by atoms with Crippen molar-refractivity contribution >= 4 is 8.03 Å². The van der Waals surface area contributed by atoms with Gasteiger partial charge in [-0.15, -0.1) is 0 Å². The zero-order valence-electron chi connectivity index (χ0n) is 9.50. The molecule has 2 nitrogen and oxygen atoms in total. The fraction of sp³-hybridized carbons (Fsp3) is 0.143. The number of para-hydroxylation sites is 1. The minimum Gasteiger partial charge on any atom is -0.445 e. The van der Waals surface area contributed by atoms with Crippen molar-refractivity contribution in [3.63, 3.8) is 0 Å². The van der Waals surface area contributed by atoms with E-state index in [1.165, 1.54) is 5.56 Å². The van der Waals surface area contributed by atoms with E-state index in [9.17, 15) is 4.57 Å². The topological polar surface area (TPSA) is 26.3 Å². The quantitative estimate of drug-likeness (QED) is 0.750. The SMILES string of the molecule is O=[PH](CCc1ccccc1)Oc1ccccc1. The van der Waals surface area contributed by atoms with Gasteiger partial charge in [0.15, 0.2) is 0 Å². The maximum Gasteiger partial charge on any atom is 0.237 e. The van der Waals surface area contributed by atoms with Crippen LogP contribution in [0.15, 0.2) is 60.7 Å². The van der Waals surface area contributed by atoms with Crippen LogP contribution in [-0.4, -0.2) is 6.16 Å². The van der Waals surface area contributed by atoms with Crippen molar-refractivity contribution in [1.82, 2.24) is 0 Å². The molecule has 0 aliphatic rings. The molecule has 0 spiro atoms. The first-order chi connectivity index (χ1) is 8.34. The van der Waals surface area contributed by atoms with Crippen molar-refractivity contribution in [3.8, 4) is 5.75 Å². The Morgan fingerprint density at radius 1 is 0.882 bits per heavy atom. The summed E-state index contributed by atoms with van der Waals surface area (Å²) in [6.07, 6.45) is 1.38. The molecule has 0 aromatic heterocycles. The van der Waals surface area contributed by atoms with E-state index >= 15 is 0 Å². The summed E-state index contributed by atoms with van der Waals surface area (Å²) in [5.41, 5.74) is 1.20. The minimum absolute atomic E-state index is 0.587. The molecule has 2 rings (SSSR count). The van der Waals surface area contributed by atoms with Crippen molar-refractivity contribution in [1.29, 1.82) is 0 Å². The van der Waals surface area contributed by atoms with Crippen molar-refractivity contribution in [2.45, 2.75) is 6.42 Å². The Bertz CT molecular complexity index is 468. The van der Waals surface area contributed by atoms with E-state index < -0.39 is 8.03 Å². The smallest absolute Gasteiger partial charge is 0.237 e. The maximum atomic E-state index is 11.7. The van der Waals surface area contributed by atoms with Gasteiger partial charge in [-0.1, -0.05) is 48.5 Å². The molecule has 0 aliphatic heterocycles. The van der Waals surface area contributed by atoms with Gasteiger partial charge >= 0.3 is 0 Å². The maximum absolute atomic E-state index is 11.7. The molecule has 0 bridgehead atoms. The lowest BCUT2D eigenvalue weighted by Crippen LogP contribution is -1.91. The Hall–Kier alpha value is -1.53. The summed E-state index contributed by atoms with van der Waals surface area (Å²) in [5.74, 6) is 0.685. The molecular weight excluding hydrogens is 231 g/mol. The van der Waals surface area contributed by atoms with Crippen LogP contribution in [0.1, 0.15) is 5.56 Å². The predicted molar refractivity (Wildman–Crippen MR) is 71.1 cm³/mol. The Morgan fingerprint density at radius 3 is 2.12 bits per heavy atom. The fourth-order valence-electron chi connectivity index (χ4n) is 1.56. The molecular formula is C14H15O2P. The molecule has 0 saturated heterocycles. The highest BCUT2D eigenvalue weighted by atomic mass is 31.1. The summed E-state index contributed by atoms with van der Waals surface area (Å²) in [4.78, 5) is 0. The first-order valence-electron chi connectivity index (χ1n) is 5.64. The Kier molecular flexibility index (Phi) is 4.40. The lowest BCUT2D eigenvalue weighted by molar-refractivity contribution is 0.504. The summed E-state index contributed by atoms with van der Waals surface area (Å²) in [6, 6.07) is 19.4. The molecule has 0 N–H and O–H groups in total. The van der Waals surface area contributed by atoms with E-state index in [2.05, 4.69) is 0 Å². The van der Waals surface area contributed by atoms with Crippen molar-refractivity contribution < 1.29 is 9.09 Å². The van der Waals surface area contributed by atoms with Crippen molar-refractivity contribution in [2.75, 3.05) is 6.16 Å².